The van der Waals surface area contributed by atoms with Crippen LogP contribution in [0.15, 0.2) is 60.7 Å². The van der Waals surface area contributed by atoms with Gasteiger partial charge in [-0.2, -0.15) is 0 Å². The molecule has 2 N–H and O–H groups in total. The number of hydrogen-bond donors (Lipinski definition) is 2. The first-order chi connectivity index (χ1) is 13.6. The molecule has 3 heteroatoms. The second kappa shape index (κ2) is 8.75. The first-order valence-corrected chi connectivity index (χ1v) is 9.77. The lowest BCUT2D eigenvalue weighted by Crippen LogP contribution is -2.03. The minimum atomic E-state index is -0.954. The summed E-state index contributed by atoms with van der Waals surface area (Å²) < 4.78 is 0. The van der Waals surface area contributed by atoms with Gasteiger partial charge in [0.25, 0.3) is 0 Å². The van der Waals surface area contributed by atoms with E-state index in [1.165, 1.54) is 0 Å². The molecule has 0 amide bonds. The number of fused-ring (bicyclic) bond motifs is 1. The second-order valence-corrected chi connectivity index (χ2v) is 7.04. The van der Waals surface area contributed by atoms with E-state index >= 15 is 0 Å². The van der Waals surface area contributed by atoms with Crippen LogP contribution in [0.4, 0.5) is 0 Å². The number of phenolic OH excluding ortho intramolecular Hbond substituents is 1. The lowest BCUT2D eigenvalue weighted by atomic mass is 9.89. The summed E-state index contributed by atoms with van der Waals surface area (Å²) in [6.07, 6.45) is 4.98. The van der Waals surface area contributed by atoms with Crippen LogP contribution < -0.4 is 0 Å². The van der Waals surface area contributed by atoms with Gasteiger partial charge in [-0.25, -0.2) is 4.79 Å². The van der Waals surface area contributed by atoms with E-state index in [9.17, 15) is 15.0 Å². The molecule has 28 heavy (non-hydrogen) atoms. The third kappa shape index (κ3) is 3.94. The van der Waals surface area contributed by atoms with Crippen LogP contribution in [0.1, 0.15) is 48.9 Å². The molecule has 0 atom stereocenters. The topological polar surface area (TPSA) is 57.5 Å². The maximum atomic E-state index is 11.8. The highest BCUT2D eigenvalue weighted by atomic mass is 16.4. The monoisotopic (exact) mass is 374 g/mol. The number of hydrogen-bond acceptors (Lipinski definition) is 2. The number of carbonyl (C=O) groups is 1. The Morgan fingerprint density at radius 3 is 2.43 bits per heavy atom. The summed E-state index contributed by atoms with van der Waals surface area (Å²) in [5.41, 5.74) is 3.90. The van der Waals surface area contributed by atoms with E-state index in [-0.39, 0.29) is 11.3 Å². The summed E-state index contributed by atoms with van der Waals surface area (Å²) in [7, 11) is 0. The van der Waals surface area contributed by atoms with Crippen molar-refractivity contribution in [1.82, 2.24) is 0 Å². The Hall–Kier alpha value is -3.07. The zero-order chi connectivity index (χ0) is 20.1. The van der Waals surface area contributed by atoms with Crippen LogP contribution in [0.2, 0.25) is 0 Å². The summed E-state index contributed by atoms with van der Waals surface area (Å²) >= 11 is 0. The van der Waals surface area contributed by atoms with Gasteiger partial charge in [0.15, 0.2) is 0 Å². The van der Waals surface area contributed by atoms with Crippen LogP contribution in [-0.2, 0) is 17.6 Å². The minimum absolute atomic E-state index is 0.264. The molecule has 0 heterocycles. The quantitative estimate of drug-likeness (QED) is 0.501. The fourth-order valence-corrected chi connectivity index (χ4v) is 3.72. The van der Waals surface area contributed by atoms with Gasteiger partial charge in [0.1, 0.15) is 5.75 Å². The number of aromatic hydroxyl groups is 1. The molecule has 0 bridgehead atoms. The molecule has 0 saturated carbocycles. The smallest absolute Gasteiger partial charge is 0.335 e. The first-order valence-electron chi connectivity index (χ1n) is 9.77. The number of allylic oxidation sites excluding steroid dienone is 1. The van der Waals surface area contributed by atoms with Crippen molar-refractivity contribution in [1.29, 1.82) is 0 Å². The number of aliphatic carboxylic acids is 1. The van der Waals surface area contributed by atoms with Gasteiger partial charge >= 0.3 is 5.97 Å². The molecule has 0 aromatic heterocycles. The Kier molecular flexibility index (Phi) is 6.15. The molecule has 3 aromatic carbocycles. The third-order valence-electron chi connectivity index (χ3n) is 5.15. The van der Waals surface area contributed by atoms with E-state index in [0.29, 0.717) is 12.0 Å². The molecule has 3 rings (SSSR count). The SMILES string of the molecule is C/C=C(\C(=O)O)c1cc(CCCC)c(O)c2c(Cc3ccccc3)cccc12. The fourth-order valence-electron chi connectivity index (χ4n) is 3.72. The molecule has 0 saturated heterocycles. The molecule has 0 fully saturated rings. The lowest BCUT2D eigenvalue weighted by molar-refractivity contribution is -0.130. The van der Waals surface area contributed by atoms with Crippen molar-refractivity contribution < 1.29 is 15.0 Å². The van der Waals surface area contributed by atoms with Crippen LogP contribution in [0.3, 0.4) is 0 Å². The van der Waals surface area contributed by atoms with Gasteiger partial charge in [0.05, 0.1) is 5.57 Å². The van der Waals surface area contributed by atoms with Crippen LogP contribution in [0, 0.1) is 0 Å². The largest absolute Gasteiger partial charge is 0.507 e. The zero-order valence-corrected chi connectivity index (χ0v) is 16.4. The highest BCUT2D eigenvalue weighted by Crippen LogP contribution is 2.38. The average Bonchev–Trinajstić information content (AvgIpc) is 2.70. The predicted molar refractivity (Wildman–Crippen MR) is 115 cm³/mol. The maximum absolute atomic E-state index is 11.8. The number of carboxylic acids is 1. The van der Waals surface area contributed by atoms with Crippen LogP contribution in [-0.4, -0.2) is 16.2 Å². The van der Waals surface area contributed by atoms with Crippen LogP contribution in [0.25, 0.3) is 16.3 Å². The van der Waals surface area contributed by atoms with E-state index in [4.69, 9.17) is 0 Å². The average molecular weight is 374 g/mol. The van der Waals surface area contributed by atoms with Crippen molar-refractivity contribution in [3.63, 3.8) is 0 Å². The van der Waals surface area contributed by atoms with Gasteiger partial charge < -0.3 is 10.2 Å². The molecule has 3 aromatic rings. The molecule has 0 aliphatic carbocycles. The van der Waals surface area contributed by atoms with Gasteiger partial charge in [-0.1, -0.05) is 68.0 Å². The Morgan fingerprint density at radius 1 is 1.04 bits per heavy atom. The molecule has 0 unspecified atom stereocenters. The van der Waals surface area contributed by atoms with Crippen molar-refractivity contribution in [2.45, 2.75) is 39.5 Å². The highest BCUT2D eigenvalue weighted by molar-refractivity contribution is 6.20. The number of rotatable bonds is 7. The van der Waals surface area contributed by atoms with E-state index in [2.05, 4.69) is 19.1 Å². The normalized spacial score (nSPS) is 11.7. The summed E-state index contributed by atoms with van der Waals surface area (Å²) in [6.45, 7) is 3.84. The maximum Gasteiger partial charge on any atom is 0.335 e. The summed E-state index contributed by atoms with van der Waals surface area (Å²) in [5, 5.41) is 22.3. The molecular formula is C25H26O3. The van der Waals surface area contributed by atoms with Gasteiger partial charge in [0, 0.05) is 5.39 Å². The molecule has 0 spiro atoms. The molecule has 144 valence electrons. The van der Waals surface area contributed by atoms with E-state index in [1.807, 2.05) is 42.5 Å². The van der Waals surface area contributed by atoms with Gasteiger partial charge in [-0.05, 0) is 59.9 Å². The molecule has 0 radical (unpaired) electrons. The minimum Gasteiger partial charge on any atom is -0.507 e. The van der Waals surface area contributed by atoms with Crippen LogP contribution in [0.5, 0.6) is 5.75 Å². The Morgan fingerprint density at radius 2 is 1.79 bits per heavy atom. The number of carboxylic acid groups (broad SMARTS) is 1. The van der Waals surface area contributed by atoms with E-state index in [1.54, 1.807) is 13.0 Å². The number of benzene rings is 3. The second-order valence-electron chi connectivity index (χ2n) is 7.04. The van der Waals surface area contributed by atoms with Crippen molar-refractivity contribution >= 4 is 22.3 Å². The van der Waals surface area contributed by atoms with Crippen molar-refractivity contribution in [2.24, 2.45) is 0 Å². The third-order valence-corrected chi connectivity index (χ3v) is 5.15. The Labute approximate surface area is 166 Å². The van der Waals surface area contributed by atoms with Crippen molar-refractivity contribution in [3.8, 4) is 5.75 Å². The standard InChI is InChI=1S/C25H26O3/c1-3-5-12-19-16-22(20(4-2)25(27)28)21-14-9-13-18(23(21)24(19)26)15-17-10-7-6-8-11-17/h4,6-11,13-14,16,26H,3,5,12,15H2,1-2H3,(H,27,28)/b20-4-. The van der Waals surface area contributed by atoms with E-state index in [0.717, 1.165) is 46.7 Å². The molecular weight excluding hydrogens is 348 g/mol. The van der Waals surface area contributed by atoms with Gasteiger partial charge in [-0.3, -0.25) is 0 Å². The number of unbranched alkanes of at least 4 members (excludes halogenated alkanes) is 1. The molecule has 3 nitrogen and oxygen atoms in total. The van der Waals surface area contributed by atoms with E-state index < -0.39 is 5.97 Å². The molecule has 0 aliphatic heterocycles. The van der Waals surface area contributed by atoms with Crippen molar-refractivity contribution in [2.75, 3.05) is 0 Å². The summed E-state index contributed by atoms with van der Waals surface area (Å²) in [4.78, 5) is 11.8. The van der Waals surface area contributed by atoms with Gasteiger partial charge in [0.2, 0.25) is 0 Å². The number of aryl methyl sites for hydroxylation is 1. The predicted octanol–water partition coefficient (Wildman–Crippen LogP) is 5.97. The van der Waals surface area contributed by atoms with Gasteiger partial charge in [-0.15, -0.1) is 0 Å². The highest BCUT2D eigenvalue weighted by Gasteiger charge is 2.19. The Bertz CT molecular complexity index is 1020. The summed E-state index contributed by atoms with van der Waals surface area (Å²) in [5.74, 6) is -0.677. The molecule has 0 aliphatic rings. The zero-order valence-electron chi connectivity index (χ0n) is 16.4. The fraction of sp³-hybridized carbons (Fsp3) is 0.240. The number of phenols is 1. The summed E-state index contributed by atoms with van der Waals surface area (Å²) in [6, 6.07) is 17.8. The first kappa shape index (κ1) is 19.7. The Balaban J connectivity index is 2.27. The lowest BCUT2D eigenvalue weighted by Gasteiger charge is -2.17. The van der Waals surface area contributed by atoms with Crippen molar-refractivity contribution in [3.05, 3.63) is 82.9 Å². The van der Waals surface area contributed by atoms with Crippen LogP contribution >= 0.6 is 0 Å².